The smallest absolute Gasteiger partial charge is 0.316 e. The van der Waals surface area contributed by atoms with Gasteiger partial charge in [0.15, 0.2) is 11.0 Å². The molecule has 1 N–H and O–H groups in total. The van der Waals surface area contributed by atoms with Crippen LogP contribution < -0.4 is 0 Å². The molecule has 0 radical (unpaired) electrons. The van der Waals surface area contributed by atoms with Gasteiger partial charge in [-0.25, -0.2) is 0 Å². The molecule has 0 bridgehead atoms. The summed E-state index contributed by atoms with van der Waals surface area (Å²) in [6, 6.07) is 3.91. The molecule has 10 heteroatoms. The van der Waals surface area contributed by atoms with Crippen LogP contribution in [-0.4, -0.2) is 41.5 Å². The van der Waals surface area contributed by atoms with E-state index in [1.165, 1.54) is 24.2 Å². The number of rotatable bonds is 4. The Hall–Kier alpha value is -2.20. The minimum absolute atomic E-state index is 0.533. The maximum Gasteiger partial charge on any atom is 0.316 e. The van der Waals surface area contributed by atoms with Crippen molar-refractivity contribution in [3.05, 3.63) is 30.0 Å². The third-order valence-electron chi connectivity index (χ3n) is 2.49. The van der Waals surface area contributed by atoms with E-state index in [0.29, 0.717) is 5.16 Å². The highest BCUT2D eigenvalue weighted by atomic mass is 32.2. The second-order valence-electron chi connectivity index (χ2n) is 4.03. The fourth-order valence-electron chi connectivity index (χ4n) is 1.38. The van der Waals surface area contributed by atoms with Crippen LogP contribution in [0.5, 0.6) is 0 Å². The first-order valence-electron chi connectivity index (χ1n) is 6.13. The number of carbonyl (C=O) groups is 1. The summed E-state index contributed by atoms with van der Waals surface area (Å²) in [4.78, 5) is 11.8. The van der Waals surface area contributed by atoms with Crippen molar-refractivity contribution in [2.45, 2.75) is 17.3 Å². The molecule has 3 aromatic heterocycles. The Morgan fingerprint density at radius 3 is 2.82 bits per heavy atom. The number of aromatic nitrogens is 5. The molecule has 8 nitrogen and oxygen atoms in total. The van der Waals surface area contributed by atoms with E-state index >= 15 is 0 Å². The fraction of sp³-hybridized carbons (Fsp3) is 0.250. The summed E-state index contributed by atoms with van der Waals surface area (Å²) in [7, 11) is 1.84. The maximum absolute atomic E-state index is 10.8. The molecule has 0 amide bonds. The lowest BCUT2D eigenvalue weighted by molar-refractivity contribution is -0.136. The quantitative estimate of drug-likeness (QED) is 0.721. The van der Waals surface area contributed by atoms with Crippen molar-refractivity contribution in [1.29, 1.82) is 0 Å². The van der Waals surface area contributed by atoms with E-state index in [-0.39, 0.29) is 0 Å². The Kier molecular flexibility index (Phi) is 5.67. The predicted octanol–water partition coefficient (Wildman–Crippen LogP) is 2.18. The van der Waals surface area contributed by atoms with Gasteiger partial charge in [0.25, 0.3) is 0 Å². The van der Waals surface area contributed by atoms with E-state index in [1.54, 1.807) is 18.3 Å². The van der Waals surface area contributed by atoms with Crippen LogP contribution in [-0.2, 0) is 11.8 Å². The van der Waals surface area contributed by atoms with Crippen LogP contribution in [0.3, 0.4) is 0 Å². The summed E-state index contributed by atoms with van der Waals surface area (Å²) in [5.41, 5.74) is 0. The van der Waals surface area contributed by atoms with Gasteiger partial charge in [-0.3, -0.25) is 4.79 Å². The van der Waals surface area contributed by atoms with Crippen molar-refractivity contribution in [2.75, 3.05) is 0 Å². The number of nitrogens with zero attached hydrogens (tertiary/aromatic N) is 5. The van der Waals surface area contributed by atoms with Crippen LogP contribution in [0.15, 0.2) is 39.7 Å². The molecule has 0 aliphatic rings. The average Bonchev–Trinajstić information content (AvgIpc) is 3.22. The van der Waals surface area contributed by atoms with E-state index in [4.69, 9.17) is 5.11 Å². The fourth-order valence-corrected chi connectivity index (χ4v) is 2.88. The number of aliphatic carboxylic acids is 1. The highest BCUT2D eigenvalue weighted by molar-refractivity contribution is 8.00. The van der Waals surface area contributed by atoms with Gasteiger partial charge in [-0.15, -0.1) is 26.6 Å². The molecule has 0 saturated carbocycles. The number of thioether (sulfide) groups is 1. The summed E-state index contributed by atoms with van der Waals surface area (Å²) in [6.45, 7) is 1.63. The van der Waals surface area contributed by atoms with Gasteiger partial charge < -0.3 is 14.2 Å². The number of thiophene rings is 1. The summed E-state index contributed by atoms with van der Waals surface area (Å²) in [6.07, 6.45) is 2.88. The van der Waals surface area contributed by atoms with Gasteiger partial charge in [-0.05, 0) is 18.4 Å². The minimum Gasteiger partial charge on any atom is -0.480 e. The molecule has 3 aromatic rings. The van der Waals surface area contributed by atoms with Gasteiger partial charge in [-0.2, -0.15) is 0 Å². The summed E-state index contributed by atoms with van der Waals surface area (Å²) >= 11 is 2.77. The van der Waals surface area contributed by atoms with Crippen molar-refractivity contribution >= 4 is 29.1 Å². The molecule has 0 aromatic carbocycles. The minimum atomic E-state index is -0.851. The van der Waals surface area contributed by atoms with Crippen LogP contribution >= 0.6 is 23.1 Å². The number of carboxylic acids is 1. The van der Waals surface area contributed by atoms with Crippen LogP contribution in [0, 0.1) is 0 Å². The van der Waals surface area contributed by atoms with E-state index < -0.39 is 11.2 Å². The highest BCUT2D eigenvalue weighted by Gasteiger charge is 2.18. The van der Waals surface area contributed by atoms with Gasteiger partial charge in [0.1, 0.15) is 11.5 Å². The lowest BCUT2D eigenvalue weighted by Gasteiger charge is -2.05. The molecule has 0 saturated heterocycles. The topological polar surface area (TPSA) is 107 Å². The van der Waals surface area contributed by atoms with E-state index in [1.807, 2.05) is 29.1 Å². The summed E-state index contributed by atoms with van der Waals surface area (Å²) in [5.74, 6) is -0.0873. The van der Waals surface area contributed by atoms with Crippen molar-refractivity contribution in [3.8, 4) is 10.7 Å². The lowest BCUT2D eigenvalue weighted by atomic mass is 10.4. The molecular formula is C12H13N5O3S2. The summed E-state index contributed by atoms with van der Waals surface area (Å²) < 4.78 is 6.04. The van der Waals surface area contributed by atoms with Gasteiger partial charge in [0.05, 0.1) is 11.1 Å². The number of hydrogen-bond donors (Lipinski definition) is 1. The van der Waals surface area contributed by atoms with Crippen LogP contribution in [0.1, 0.15) is 6.92 Å². The van der Waals surface area contributed by atoms with E-state index in [0.717, 1.165) is 10.7 Å². The van der Waals surface area contributed by atoms with Crippen molar-refractivity contribution < 1.29 is 14.4 Å². The Labute approximate surface area is 134 Å². The highest BCUT2D eigenvalue weighted by Crippen LogP contribution is 2.27. The first-order valence-corrected chi connectivity index (χ1v) is 7.89. The number of hydrogen-bond acceptors (Lipinski definition) is 8. The van der Waals surface area contributed by atoms with Crippen molar-refractivity contribution in [2.24, 2.45) is 7.05 Å². The molecule has 3 rings (SSSR count). The standard InChI is InChI=1S/C10H11N3O2S2.C2H2N2O/c1-6(9(14)15)17-10-12-11-8(13(10)2)7-4-3-5-16-7;1-2-5-4-3-1/h3-6H,1-2H3,(H,14,15);1-2H. The van der Waals surface area contributed by atoms with Gasteiger partial charge in [0.2, 0.25) is 0 Å². The van der Waals surface area contributed by atoms with E-state index in [9.17, 15) is 4.79 Å². The Bertz CT molecular complexity index is 679. The average molecular weight is 339 g/mol. The lowest BCUT2D eigenvalue weighted by Crippen LogP contribution is -2.12. The second kappa shape index (κ2) is 7.71. The third kappa shape index (κ3) is 4.15. The zero-order chi connectivity index (χ0) is 15.9. The maximum atomic E-state index is 10.8. The molecule has 0 spiro atoms. The molecule has 1 atom stereocenters. The van der Waals surface area contributed by atoms with Crippen molar-refractivity contribution in [1.82, 2.24) is 25.1 Å². The first-order chi connectivity index (χ1) is 10.6. The molecular weight excluding hydrogens is 326 g/mol. The SMILES string of the molecule is CC(Sc1nnc(-c2cccs2)n1C)C(=O)O.c1conn1. The molecule has 0 aliphatic carbocycles. The van der Waals surface area contributed by atoms with Crippen LogP contribution in [0.25, 0.3) is 10.7 Å². The monoisotopic (exact) mass is 339 g/mol. The second-order valence-corrected chi connectivity index (χ2v) is 6.28. The largest absolute Gasteiger partial charge is 0.480 e. The van der Waals surface area contributed by atoms with Gasteiger partial charge in [0, 0.05) is 12.3 Å². The van der Waals surface area contributed by atoms with Crippen molar-refractivity contribution in [3.63, 3.8) is 0 Å². The normalized spacial score (nSPS) is 11.5. The Balaban J connectivity index is 0.000000299. The first kappa shape index (κ1) is 16.2. The Morgan fingerprint density at radius 1 is 1.50 bits per heavy atom. The zero-order valence-corrected chi connectivity index (χ0v) is 13.4. The number of carboxylic acid groups (broad SMARTS) is 1. The predicted molar refractivity (Wildman–Crippen MR) is 81.6 cm³/mol. The summed E-state index contributed by atoms with van der Waals surface area (Å²) in [5, 5.41) is 25.4. The van der Waals surface area contributed by atoms with Gasteiger partial charge in [-0.1, -0.05) is 17.8 Å². The molecule has 0 aliphatic heterocycles. The molecule has 0 fully saturated rings. The van der Waals surface area contributed by atoms with Gasteiger partial charge >= 0.3 is 5.97 Å². The molecule has 22 heavy (non-hydrogen) atoms. The molecule has 116 valence electrons. The third-order valence-corrected chi connectivity index (χ3v) is 4.48. The zero-order valence-electron chi connectivity index (χ0n) is 11.8. The van der Waals surface area contributed by atoms with E-state index in [2.05, 4.69) is 25.1 Å². The molecule has 1 unspecified atom stereocenters. The Morgan fingerprint density at radius 2 is 2.32 bits per heavy atom. The van der Waals surface area contributed by atoms with Crippen LogP contribution in [0.4, 0.5) is 0 Å². The molecule has 3 heterocycles. The van der Waals surface area contributed by atoms with Crippen LogP contribution in [0.2, 0.25) is 0 Å².